The Morgan fingerprint density at radius 1 is 0.789 bits per heavy atom. The molecule has 6 aliphatic heterocycles. The normalized spacial score (nSPS) is 25.4. The Morgan fingerprint density at radius 2 is 1.47 bits per heavy atom. The van der Waals surface area contributed by atoms with E-state index >= 15 is 0 Å². The van der Waals surface area contributed by atoms with E-state index in [-0.39, 0.29) is 36.6 Å². The maximum Gasteiger partial charge on any atom is 0.262 e. The molecule has 5 saturated heterocycles. The predicted molar refractivity (Wildman–Crippen MR) is 216 cm³/mol. The number of amides is 4. The molecular weight excluding hydrogens is 744 g/mol. The summed E-state index contributed by atoms with van der Waals surface area (Å²) in [5.41, 5.74) is 3.89. The zero-order valence-corrected chi connectivity index (χ0v) is 32.4. The summed E-state index contributed by atoms with van der Waals surface area (Å²) in [5.74, 6) is -0.435. The number of nitrogens with zero attached hydrogens (tertiary/aromatic N) is 6. The molecule has 14 heteroatoms. The van der Waals surface area contributed by atoms with Gasteiger partial charge in [0.05, 0.1) is 28.8 Å². The minimum atomic E-state index is -0.758. The first-order valence-corrected chi connectivity index (χ1v) is 20.4. The van der Waals surface area contributed by atoms with Crippen molar-refractivity contribution in [3.63, 3.8) is 0 Å². The maximum absolute atomic E-state index is 13.6. The number of nitrogens with one attached hydrogen (secondary N) is 2. The van der Waals surface area contributed by atoms with Gasteiger partial charge in [0.2, 0.25) is 11.6 Å². The number of piperidine rings is 3. The van der Waals surface area contributed by atoms with Crippen LogP contribution in [-0.2, 0) is 4.79 Å². The number of hydrogen-bond donors (Lipinski definition) is 2. The molecule has 0 aromatic heterocycles. The standard InChI is InChI=1S/C43H45ClN8O5/c1-46-37-11-9-32(25-36(37)44)57-33-22-30-6-7-31(23-33)51(30)28-4-2-26(3-5-28)41(54)50-20-18-49(19-21-50)27-14-16-48(17-15-27)29-8-10-34-35(24-29)43(56)52(42(34)55)38-12-13-39(53)47-40(38)45/h2-5,8-11,24-25,27,30-31,33,38H,6-7,12-23H2,(H2,45,47,53). The van der Waals surface area contributed by atoms with E-state index in [0.717, 1.165) is 81.0 Å². The minimum absolute atomic E-state index is 0.0716. The fourth-order valence-electron chi connectivity index (χ4n) is 9.92. The molecule has 2 bridgehead atoms. The van der Waals surface area contributed by atoms with E-state index in [1.165, 1.54) is 0 Å². The van der Waals surface area contributed by atoms with Crippen molar-refractivity contribution in [2.24, 2.45) is 0 Å². The van der Waals surface area contributed by atoms with Crippen molar-refractivity contribution in [2.45, 2.75) is 81.6 Å². The van der Waals surface area contributed by atoms with E-state index < -0.39 is 17.9 Å². The number of carbonyl (C=O) groups excluding carboxylic acids is 4. The number of fused-ring (bicyclic) bond motifs is 3. The van der Waals surface area contributed by atoms with Crippen LogP contribution in [0.5, 0.6) is 5.75 Å². The molecule has 4 amide bonds. The summed E-state index contributed by atoms with van der Waals surface area (Å²) in [4.78, 5) is 65.7. The Hall–Kier alpha value is -5.45. The SMILES string of the molecule is [C-]#[N+]c1ccc(OC2CC3CCC(C2)N3c2ccc(C(=O)N3CCN(C4CCN(c5ccc6c(c5)C(=O)N(C5CCC(=O)NC5=N)C6=O)CC4)CC3)cc2)cc1Cl. The van der Waals surface area contributed by atoms with Gasteiger partial charge in [0.15, 0.2) is 0 Å². The highest BCUT2D eigenvalue weighted by molar-refractivity contribution is 6.33. The molecule has 3 unspecified atom stereocenters. The molecule has 3 atom stereocenters. The first kappa shape index (κ1) is 37.1. The van der Waals surface area contributed by atoms with E-state index in [9.17, 15) is 19.2 Å². The summed E-state index contributed by atoms with van der Waals surface area (Å²) in [6, 6.07) is 19.2. The Labute approximate surface area is 336 Å². The van der Waals surface area contributed by atoms with Crippen LogP contribution in [0.3, 0.4) is 0 Å². The van der Waals surface area contributed by atoms with E-state index in [4.69, 9.17) is 28.3 Å². The van der Waals surface area contributed by atoms with Crippen LogP contribution in [0.15, 0.2) is 60.7 Å². The molecule has 6 heterocycles. The number of rotatable bonds is 7. The van der Waals surface area contributed by atoms with E-state index in [1.54, 1.807) is 24.3 Å². The van der Waals surface area contributed by atoms with Gasteiger partial charge in [-0.05, 0) is 86.7 Å². The zero-order valence-electron chi connectivity index (χ0n) is 31.7. The largest absolute Gasteiger partial charge is 0.490 e. The van der Waals surface area contributed by atoms with Crippen molar-refractivity contribution < 1.29 is 23.9 Å². The molecule has 5 fully saturated rings. The Bertz CT molecular complexity index is 2160. The van der Waals surface area contributed by atoms with E-state index in [1.807, 2.05) is 29.2 Å². The molecule has 6 aliphatic rings. The number of imide groups is 1. The molecule has 13 nitrogen and oxygen atoms in total. The first-order chi connectivity index (χ1) is 27.6. The van der Waals surface area contributed by atoms with Crippen LogP contribution in [0.2, 0.25) is 5.02 Å². The van der Waals surface area contributed by atoms with Crippen LogP contribution in [0.25, 0.3) is 4.85 Å². The predicted octanol–water partition coefficient (Wildman–Crippen LogP) is 5.75. The number of halogens is 1. The average molecular weight is 789 g/mol. The third kappa shape index (κ3) is 6.99. The molecule has 2 N–H and O–H groups in total. The molecule has 3 aromatic rings. The van der Waals surface area contributed by atoms with Gasteiger partial charge >= 0.3 is 0 Å². The number of piperazine rings is 1. The summed E-state index contributed by atoms with van der Waals surface area (Å²) < 4.78 is 6.33. The van der Waals surface area contributed by atoms with Crippen LogP contribution in [0.4, 0.5) is 17.1 Å². The second-order valence-corrected chi connectivity index (χ2v) is 16.5. The maximum atomic E-state index is 13.6. The summed E-state index contributed by atoms with van der Waals surface area (Å²) in [6.45, 7) is 11.9. The molecule has 0 saturated carbocycles. The van der Waals surface area contributed by atoms with Gasteiger partial charge in [-0.3, -0.25) is 34.4 Å². The second-order valence-electron chi connectivity index (χ2n) is 16.0. The number of carbonyl (C=O) groups is 4. The van der Waals surface area contributed by atoms with Crippen molar-refractivity contribution in [3.8, 4) is 5.75 Å². The monoisotopic (exact) mass is 788 g/mol. The molecule has 0 spiro atoms. The van der Waals surface area contributed by atoms with Crippen LogP contribution >= 0.6 is 11.6 Å². The highest BCUT2D eigenvalue weighted by atomic mass is 35.5. The summed E-state index contributed by atoms with van der Waals surface area (Å²) in [5, 5.41) is 11.1. The summed E-state index contributed by atoms with van der Waals surface area (Å²) >= 11 is 6.25. The molecule has 0 aliphatic carbocycles. The second kappa shape index (κ2) is 15.1. The molecule has 0 radical (unpaired) electrons. The number of amidine groups is 1. The van der Waals surface area contributed by atoms with Crippen molar-refractivity contribution in [1.29, 1.82) is 5.41 Å². The number of hydrogen-bond acceptors (Lipinski definition) is 9. The Morgan fingerprint density at radius 3 is 2.14 bits per heavy atom. The molecule has 294 valence electrons. The van der Waals surface area contributed by atoms with Crippen molar-refractivity contribution in [3.05, 3.63) is 93.8 Å². The van der Waals surface area contributed by atoms with Gasteiger partial charge in [0.1, 0.15) is 17.7 Å². The van der Waals surface area contributed by atoms with Gasteiger partial charge in [-0.2, -0.15) is 0 Å². The van der Waals surface area contributed by atoms with Gasteiger partial charge in [-0.1, -0.05) is 17.7 Å². The fraction of sp³-hybridized carbons (Fsp3) is 0.442. The zero-order chi connectivity index (χ0) is 39.4. The molecular formula is C43H45ClN8O5. The quantitative estimate of drug-likeness (QED) is 0.229. The van der Waals surface area contributed by atoms with Crippen LogP contribution < -0.4 is 19.9 Å². The van der Waals surface area contributed by atoms with Crippen LogP contribution in [0.1, 0.15) is 82.4 Å². The first-order valence-electron chi connectivity index (χ1n) is 20.1. The number of anilines is 2. The lowest BCUT2D eigenvalue weighted by Gasteiger charge is -2.43. The number of ether oxygens (including phenoxy) is 1. The highest BCUT2D eigenvalue weighted by Crippen LogP contribution is 2.41. The Balaban J connectivity index is 0.750. The third-order valence-corrected chi connectivity index (χ3v) is 13.2. The van der Waals surface area contributed by atoms with E-state index in [2.05, 4.69) is 37.0 Å². The topological polar surface area (TPSA) is 134 Å². The van der Waals surface area contributed by atoms with Gasteiger partial charge in [0.25, 0.3) is 17.7 Å². The summed E-state index contributed by atoms with van der Waals surface area (Å²) in [7, 11) is 0. The fourth-order valence-corrected chi connectivity index (χ4v) is 10.1. The van der Waals surface area contributed by atoms with Crippen LogP contribution in [-0.4, -0.2) is 114 Å². The van der Waals surface area contributed by atoms with Gasteiger partial charge in [-0.25, -0.2) is 4.85 Å². The lowest BCUT2D eigenvalue weighted by Crippen LogP contribution is -2.54. The molecule has 57 heavy (non-hydrogen) atoms. The van der Waals surface area contributed by atoms with Gasteiger partial charge < -0.3 is 24.8 Å². The molecule has 9 rings (SSSR count). The highest BCUT2D eigenvalue weighted by Gasteiger charge is 2.44. The van der Waals surface area contributed by atoms with E-state index in [0.29, 0.717) is 64.4 Å². The lowest BCUT2D eigenvalue weighted by molar-refractivity contribution is -0.120. The van der Waals surface area contributed by atoms with Crippen molar-refractivity contribution in [2.75, 3.05) is 49.1 Å². The Kier molecular flexibility index (Phi) is 9.86. The van der Waals surface area contributed by atoms with Crippen molar-refractivity contribution in [1.82, 2.24) is 20.0 Å². The number of benzene rings is 3. The average Bonchev–Trinajstić information content (AvgIpc) is 3.64. The smallest absolute Gasteiger partial charge is 0.262 e. The van der Waals surface area contributed by atoms with Crippen molar-refractivity contribution >= 4 is 58.1 Å². The third-order valence-electron chi connectivity index (χ3n) is 12.9. The molecule has 3 aromatic carbocycles. The van der Waals surface area contributed by atoms with Crippen LogP contribution in [0, 0.1) is 12.0 Å². The minimum Gasteiger partial charge on any atom is -0.490 e. The summed E-state index contributed by atoms with van der Waals surface area (Å²) in [6.07, 6.45) is 6.48. The van der Waals surface area contributed by atoms with Gasteiger partial charge in [0, 0.05) is 93.6 Å². The van der Waals surface area contributed by atoms with Gasteiger partial charge in [-0.15, -0.1) is 0 Å². The lowest BCUT2D eigenvalue weighted by atomic mass is 9.98.